The molecular weight excluding hydrogens is 627 g/mol. The van der Waals surface area contributed by atoms with Crippen molar-refractivity contribution in [3.63, 3.8) is 0 Å². The number of carbonyl (C=O) groups excluding carboxylic acids is 1. The molecule has 1 N–H and O–H groups in total. The number of nitrogens with zero attached hydrogens (tertiary/aromatic N) is 1. The zero-order chi connectivity index (χ0) is 35.7. The standard InChI is InChI=1S/C43H79NO4S/c1-3-5-7-9-11-13-15-17-19-21-23-25-27-29-31-33-39-44(43(45)41-35-37-42(38-36-41)49(46,47)48)40-34-32-30-28-26-24-22-20-18-16-14-12-10-8-6-4-2/h35-38H,3-34,39-40H2,1-2H3,(H,46,47,48). The SMILES string of the molecule is CCCCCCCCCCCCCCCCCCN(CCCCCCCCCCCCCCCCCC)C(=O)c1ccc(S(=O)(=O)O)cc1. The van der Waals surface area contributed by atoms with Crippen molar-refractivity contribution < 1.29 is 17.8 Å². The molecule has 1 amide bonds. The molecule has 0 radical (unpaired) electrons. The van der Waals surface area contributed by atoms with Gasteiger partial charge in [-0.25, -0.2) is 0 Å². The lowest BCUT2D eigenvalue weighted by atomic mass is 10.0. The molecule has 1 aromatic rings. The lowest BCUT2D eigenvalue weighted by Gasteiger charge is -2.23. The van der Waals surface area contributed by atoms with Crippen LogP contribution >= 0.6 is 0 Å². The Labute approximate surface area is 304 Å². The van der Waals surface area contributed by atoms with Gasteiger partial charge in [-0.1, -0.05) is 206 Å². The summed E-state index contributed by atoms with van der Waals surface area (Å²) in [6.07, 6.45) is 42.5. The van der Waals surface area contributed by atoms with E-state index in [-0.39, 0.29) is 10.8 Å². The summed E-state index contributed by atoms with van der Waals surface area (Å²) >= 11 is 0. The Morgan fingerprint density at radius 1 is 0.449 bits per heavy atom. The zero-order valence-electron chi connectivity index (χ0n) is 32.4. The largest absolute Gasteiger partial charge is 0.339 e. The molecule has 0 heterocycles. The predicted molar refractivity (Wildman–Crippen MR) is 211 cm³/mol. The smallest absolute Gasteiger partial charge is 0.294 e. The molecule has 0 aliphatic heterocycles. The van der Waals surface area contributed by atoms with Crippen molar-refractivity contribution in [1.29, 1.82) is 0 Å². The minimum absolute atomic E-state index is 0.0381. The molecule has 286 valence electrons. The van der Waals surface area contributed by atoms with Crippen molar-refractivity contribution in [3.05, 3.63) is 29.8 Å². The molecule has 0 bridgehead atoms. The molecule has 0 aliphatic rings. The van der Waals surface area contributed by atoms with Crippen molar-refractivity contribution in [2.45, 2.75) is 224 Å². The first-order valence-electron chi connectivity index (χ1n) is 21.3. The molecule has 0 unspecified atom stereocenters. The number of hydrogen-bond donors (Lipinski definition) is 1. The Morgan fingerprint density at radius 3 is 0.939 bits per heavy atom. The number of unbranched alkanes of at least 4 members (excludes halogenated alkanes) is 30. The number of amides is 1. The van der Waals surface area contributed by atoms with Crippen LogP contribution < -0.4 is 0 Å². The van der Waals surface area contributed by atoms with Crippen molar-refractivity contribution in [3.8, 4) is 0 Å². The summed E-state index contributed by atoms with van der Waals surface area (Å²) in [7, 11) is -4.27. The van der Waals surface area contributed by atoms with Crippen LogP contribution in [0.3, 0.4) is 0 Å². The second kappa shape index (κ2) is 32.5. The minimum Gasteiger partial charge on any atom is -0.339 e. The van der Waals surface area contributed by atoms with Crippen molar-refractivity contribution in [2.75, 3.05) is 13.1 Å². The highest BCUT2D eigenvalue weighted by molar-refractivity contribution is 7.85. The average Bonchev–Trinajstić information content (AvgIpc) is 3.09. The van der Waals surface area contributed by atoms with Crippen LogP contribution in [0.4, 0.5) is 0 Å². The van der Waals surface area contributed by atoms with Gasteiger partial charge in [-0.3, -0.25) is 9.35 Å². The molecule has 0 atom stereocenters. The molecule has 6 heteroatoms. The van der Waals surface area contributed by atoms with Gasteiger partial charge in [-0.2, -0.15) is 8.42 Å². The molecule has 0 saturated heterocycles. The third-order valence-electron chi connectivity index (χ3n) is 10.2. The molecular formula is C43H79NO4S. The van der Waals surface area contributed by atoms with Crippen molar-refractivity contribution in [2.24, 2.45) is 0 Å². The highest BCUT2D eigenvalue weighted by Gasteiger charge is 2.17. The van der Waals surface area contributed by atoms with E-state index in [1.54, 1.807) is 0 Å². The summed E-state index contributed by atoms with van der Waals surface area (Å²) in [6.45, 7) is 6.05. The van der Waals surface area contributed by atoms with Gasteiger partial charge in [-0.05, 0) is 37.1 Å². The predicted octanol–water partition coefficient (Wildman–Crippen LogP) is 13.9. The van der Waals surface area contributed by atoms with Crippen LogP contribution in [-0.2, 0) is 10.1 Å². The van der Waals surface area contributed by atoms with Gasteiger partial charge in [0.1, 0.15) is 0 Å². The van der Waals surface area contributed by atoms with Crippen LogP contribution in [0.15, 0.2) is 29.2 Å². The maximum Gasteiger partial charge on any atom is 0.294 e. The Kier molecular flexibility index (Phi) is 30.3. The summed E-state index contributed by atoms with van der Waals surface area (Å²) in [4.78, 5) is 15.2. The topological polar surface area (TPSA) is 74.7 Å². The van der Waals surface area contributed by atoms with Crippen LogP contribution in [0.2, 0.25) is 0 Å². The van der Waals surface area contributed by atoms with Gasteiger partial charge >= 0.3 is 0 Å². The maximum absolute atomic E-state index is 13.4. The van der Waals surface area contributed by atoms with Crippen LogP contribution in [0, 0.1) is 0 Å². The van der Waals surface area contributed by atoms with Crippen LogP contribution in [-0.4, -0.2) is 36.9 Å². The molecule has 49 heavy (non-hydrogen) atoms. The van der Waals surface area contributed by atoms with Gasteiger partial charge in [0.25, 0.3) is 16.0 Å². The first-order valence-corrected chi connectivity index (χ1v) is 22.7. The lowest BCUT2D eigenvalue weighted by molar-refractivity contribution is 0.0749. The average molecular weight is 706 g/mol. The lowest BCUT2D eigenvalue weighted by Crippen LogP contribution is -2.33. The van der Waals surface area contributed by atoms with E-state index in [1.807, 2.05) is 4.90 Å². The zero-order valence-corrected chi connectivity index (χ0v) is 33.2. The summed E-state index contributed by atoms with van der Waals surface area (Å²) in [6, 6.07) is 5.70. The van der Waals surface area contributed by atoms with Crippen LogP contribution in [0.25, 0.3) is 0 Å². The molecule has 0 spiro atoms. The molecule has 0 aliphatic carbocycles. The third kappa shape index (κ3) is 27.0. The number of carbonyl (C=O) groups is 1. The minimum atomic E-state index is -4.27. The first-order chi connectivity index (χ1) is 23.9. The fourth-order valence-corrected chi connectivity index (χ4v) is 7.45. The number of hydrogen-bond acceptors (Lipinski definition) is 3. The Bertz CT molecular complexity index is 942. The molecule has 5 nitrogen and oxygen atoms in total. The Balaban J connectivity index is 2.24. The van der Waals surface area contributed by atoms with E-state index >= 15 is 0 Å². The first kappa shape index (κ1) is 45.6. The van der Waals surface area contributed by atoms with E-state index < -0.39 is 10.1 Å². The third-order valence-corrected chi connectivity index (χ3v) is 11.1. The highest BCUT2D eigenvalue weighted by atomic mass is 32.2. The summed E-state index contributed by atoms with van der Waals surface area (Å²) in [5, 5.41) is 0. The second-order valence-corrected chi connectivity index (χ2v) is 16.3. The molecule has 1 aromatic carbocycles. The Hall–Kier alpha value is -1.40. The normalized spacial score (nSPS) is 11.7. The summed E-state index contributed by atoms with van der Waals surface area (Å²) in [5.41, 5.74) is 0.486. The van der Waals surface area contributed by atoms with Gasteiger partial charge in [0, 0.05) is 18.7 Å². The quantitative estimate of drug-likeness (QED) is 0.0557. The van der Waals surface area contributed by atoms with E-state index in [4.69, 9.17) is 0 Å². The molecule has 0 aromatic heterocycles. The van der Waals surface area contributed by atoms with Crippen molar-refractivity contribution in [1.82, 2.24) is 4.90 Å². The van der Waals surface area contributed by atoms with E-state index in [9.17, 15) is 17.8 Å². The molecule has 1 rings (SSSR count). The van der Waals surface area contributed by atoms with Gasteiger partial charge in [0.15, 0.2) is 0 Å². The summed E-state index contributed by atoms with van der Waals surface area (Å²) < 4.78 is 32.2. The van der Waals surface area contributed by atoms with E-state index in [0.717, 1.165) is 38.8 Å². The Morgan fingerprint density at radius 2 is 0.694 bits per heavy atom. The van der Waals surface area contributed by atoms with E-state index in [1.165, 1.54) is 204 Å². The van der Waals surface area contributed by atoms with Gasteiger partial charge < -0.3 is 4.90 Å². The maximum atomic E-state index is 13.4. The number of rotatable bonds is 36. The summed E-state index contributed by atoms with van der Waals surface area (Å²) in [5.74, 6) is -0.0381. The van der Waals surface area contributed by atoms with E-state index in [2.05, 4.69) is 13.8 Å². The van der Waals surface area contributed by atoms with Crippen LogP contribution in [0.5, 0.6) is 0 Å². The monoisotopic (exact) mass is 706 g/mol. The highest BCUT2D eigenvalue weighted by Crippen LogP contribution is 2.18. The van der Waals surface area contributed by atoms with Crippen LogP contribution in [0.1, 0.15) is 230 Å². The number of benzene rings is 1. The van der Waals surface area contributed by atoms with Gasteiger partial charge in [0.05, 0.1) is 4.90 Å². The fourth-order valence-electron chi connectivity index (χ4n) is 6.97. The van der Waals surface area contributed by atoms with Gasteiger partial charge in [0.2, 0.25) is 0 Å². The fraction of sp³-hybridized carbons (Fsp3) is 0.837. The molecule has 0 saturated carbocycles. The van der Waals surface area contributed by atoms with Crippen molar-refractivity contribution >= 4 is 16.0 Å². The van der Waals surface area contributed by atoms with Gasteiger partial charge in [-0.15, -0.1) is 0 Å². The van der Waals surface area contributed by atoms with E-state index in [0.29, 0.717) is 5.56 Å². The second-order valence-electron chi connectivity index (χ2n) is 14.9. The molecule has 0 fully saturated rings.